The Morgan fingerprint density at radius 1 is 1.19 bits per heavy atom. The Hall–Kier alpha value is -1.78. The van der Waals surface area contributed by atoms with Gasteiger partial charge in [-0.15, -0.1) is 0 Å². The van der Waals surface area contributed by atoms with Gasteiger partial charge in [0.15, 0.2) is 0 Å². The predicted molar refractivity (Wildman–Crippen MR) is 116 cm³/mol. The first-order valence-electron chi connectivity index (χ1n) is 9.59. The quantitative estimate of drug-likeness (QED) is 0.636. The van der Waals surface area contributed by atoms with Gasteiger partial charge in [-0.05, 0) is 71.4 Å². The molecule has 0 spiro atoms. The first kappa shape index (κ1) is 20.0. The topological polar surface area (TPSA) is 24.5 Å². The van der Waals surface area contributed by atoms with E-state index in [2.05, 4.69) is 83.0 Å². The molecular formula is C23H29BrN2O. The second kappa shape index (κ2) is 8.94. The predicted octanol–water partition coefficient (Wildman–Crippen LogP) is 5.42. The maximum absolute atomic E-state index is 5.91. The number of benzene rings is 2. The lowest BCUT2D eigenvalue weighted by Crippen LogP contribution is -2.30. The van der Waals surface area contributed by atoms with Gasteiger partial charge in [0.1, 0.15) is 5.75 Å². The van der Waals surface area contributed by atoms with Crippen LogP contribution in [0.5, 0.6) is 5.75 Å². The van der Waals surface area contributed by atoms with Crippen LogP contribution in [0.1, 0.15) is 43.0 Å². The highest BCUT2D eigenvalue weighted by Crippen LogP contribution is 2.35. The number of hydrogen-bond acceptors (Lipinski definition) is 3. The van der Waals surface area contributed by atoms with Gasteiger partial charge in [-0.1, -0.05) is 36.9 Å². The molecule has 144 valence electrons. The molecule has 2 aromatic rings. The van der Waals surface area contributed by atoms with E-state index in [0.29, 0.717) is 0 Å². The van der Waals surface area contributed by atoms with Crippen LogP contribution in [0.3, 0.4) is 0 Å². The third-order valence-corrected chi connectivity index (χ3v) is 5.63. The first-order chi connectivity index (χ1) is 12.9. The smallest absolute Gasteiger partial charge is 0.134 e. The van der Waals surface area contributed by atoms with E-state index in [0.717, 1.165) is 48.5 Å². The van der Waals surface area contributed by atoms with Gasteiger partial charge in [-0.3, -0.25) is 4.90 Å². The van der Waals surface area contributed by atoms with E-state index < -0.39 is 0 Å². The van der Waals surface area contributed by atoms with E-state index in [1.54, 1.807) is 0 Å². The number of allylic oxidation sites excluding steroid dienone is 1. The molecule has 1 aliphatic rings. The van der Waals surface area contributed by atoms with Crippen molar-refractivity contribution in [3.05, 3.63) is 75.4 Å². The zero-order chi connectivity index (χ0) is 19.4. The van der Waals surface area contributed by atoms with Crippen LogP contribution >= 0.6 is 15.9 Å². The fraction of sp³-hybridized carbons (Fsp3) is 0.391. The van der Waals surface area contributed by atoms with Gasteiger partial charge in [-0.2, -0.15) is 0 Å². The van der Waals surface area contributed by atoms with Crippen molar-refractivity contribution in [3.63, 3.8) is 0 Å². The molecule has 4 heteroatoms. The minimum atomic E-state index is 0.188. The number of ether oxygens (including phenoxy) is 1. The van der Waals surface area contributed by atoms with Crippen LogP contribution in [-0.4, -0.2) is 17.5 Å². The van der Waals surface area contributed by atoms with Crippen molar-refractivity contribution in [1.82, 2.24) is 10.2 Å². The van der Waals surface area contributed by atoms with Gasteiger partial charge < -0.3 is 10.1 Å². The summed E-state index contributed by atoms with van der Waals surface area (Å²) < 4.78 is 7.04. The molecule has 2 aromatic carbocycles. The molecule has 0 aliphatic carbocycles. The normalized spacial score (nSPS) is 14.1. The number of halogens is 1. The zero-order valence-corrected chi connectivity index (χ0v) is 18.1. The molecule has 0 saturated heterocycles. The fourth-order valence-corrected chi connectivity index (χ4v) is 4.08. The maximum atomic E-state index is 5.91. The van der Waals surface area contributed by atoms with Crippen LogP contribution in [0, 0.1) is 0 Å². The van der Waals surface area contributed by atoms with Crippen molar-refractivity contribution in [2.45, 2.75) is 52.9 Å². The summed E-state index contributed by atoms with van der Waals surface area (Å²) in [5.74, 6) is 0.955. The van der Waals surface area contributed by atoms with Crippen LogP contribution in [0.4, 0.5) is 0 Å². The monoisotopic (exact) mass is 428 g/mol. The summed E-state index contributed by atoms with van der Waals surface area (Å²) >= 11 is 3.76. The molecule has 0 aromatic heterocycles. The fourth-order valence-electron chi connectivity index (χ4n) is 3.40. The van der Waals surface area contributed by atoms with E-state index in [1.165, 1.54) is 22.3 Å². The average Bonchev–Trinajstić information content (AvgIpc) is 2.63. The van der Waals surface area contributed by atoms with E-state index in [-0.39, 0.29) is 6.10 Å². The standard InChI is InChI=1S/C23H29BrN2O/c1-16(2)25-13-18-5-7-19(8-6-18)14-26-12-11-21-20(15-26)9-10-22(23(21)24)27-17(3)4/h5-10,17,25H,1,11-15H2,2-4H3. The van der Waals surface area contributed by atoms with Crippen molar-refractivity contribution in [1.29, 1.82) is 0 Å². The number of nitrogens with zero attached hydrogens (tertiary/aromatic N) is 1. The van der Waals surface area contributed by atoms with Crippen molar-refractivity contribution >= 4 is 15.9 Å². The van der Waals surface area contributed by atoms with E-state index in [9.17, 15) is 0 Å². The van der Waals surface area contributed by atoms with E-state index in [1.807, 2.05) is 6.92 Å². The third-order valence-electron chi connectivity index (χ3n) is 4.76. The Bertz CT molecular complexity index is 799. The molecule has 0 amide bonds. The average molecular weight is 429 g/mol. The van der Waals surface area contributed by atoms with Gasteiger partial charge in [0.05, 0.1) is 10.6 Å². The second-order valence-corrected chi connectivity index (χ2v) is 8.39. The summed E-state index contributed by atoms with van der Waals surface area (Å²) in [4.78, 5) is 2.51. The molecule has 0 bridgehead atoms. The lowest BCUT2D eigenvalue weighted by Gasteiger charge is -2.30. The van der Waals surface area contributed by atoms with Crippen molar-refractivity contribution in [2.24, 2.45) is 0 Å². The number of fused-ring (bicyclic) bond motifs is 1. The second-order valence-electron chi connectivity index (χ2n) is 7.59. The lowest BCUT2D eigenvalue weighted by atomic mass is 9.98. The molecule has 0 saturated carbocycles. The van der Waals surface area contributed by atoms with Crippen molar-refractivity contribution in [2.75, 3.05) is 6.54 Å². The van der Waals surface area contributed by atoms with Crippen LogP contribution in [0.25, 0.3) is 0 Å². The van der Waals surface area contributed by atoms with Crippen molar-refractivity contribution in [3.8, 4) is 5.75 Å². The van der Waals surface area contributed by atoms with Crippen LogP contribution in [0.15, 0.2) is 53.1 Å². The molecule has 3 rings (SSSR count). The molecule has 0 unspecified atom stereocenters. The molecule has 1 heterocycles. The summed E-state index contributed by atoms with van der Waals surface area (Å²) in [6.07, 6.45) is 1.24. The van der Waals surface area contributed by atoms with Crippen LogP contribution in [0.2, 0.25) is 0 Å². The van der Waals surface area contributed by atoms with Gasteiger partial charge in [0.2, 0.25) is 0 Å². The summed E-state index contributed by atoms with van der Waals surface area (Å²) in [6, 6.07) is 13.2. The maximum Gasteiger partial charge on any atom is 0.134 e. The largest absolute Gasteiger partial charge is 0.490 e. The molecular weight excluding hydrogens is 400 g/mol. The minimum Gasteiger partial charge on any atom is -0.490 e. The lowest BCUT2D eigenvalue weighted by molar-refractivity contribution is 0.234. The molecule has 1 N–H and O–H groups in total. The SMILES string of the molecule is C=C(C)NCc1ccc(CN2CCc3c(ccc(OC(C)C)c3Br)C2)cc1. The van der Waals surface area contributed by atoms with E-state index >= 15 is 0 Å². The molecule has 1 aliphatic heterocycles. The number of hydrogen-bond donors (Lipinski definition) is 1. The highest BCUT2D eigenvalue weighted by molar-refractivity contribution is 9.10. The van der Waals surface area contributed by atoms with Gasteiger partial charge in [0, 0.05) is 31.9 Å². The summed E-state index contributed by atoms with van der Waals surface area (Å²) in [7, 11) is 0. The Kier molecular flexibility index (Phi) is 6.61. The summed E-state index contributed by atoms with van der Waals surface area (Å²) in [5, 5.41) is 3.28. The molecule has 0 fully saturated rings. The van der Waals surface area contributed by atoms with Gasteiger partial charge in [-0.25, -0.2) is 0 Å². The number of rotatable bonds is 7. The van der Waals surface area contributed by atoms with Gasteiger partial charge >= 0.3 is 0 Å². The molecule has 0 radical (unpaired) electrons. The summed E-state index contributed by atoms with van der Waals surface area (Å²) in [5.41, 5.74) is 6.43. The highest BCUT2D eigenvalue weighted by Gasteiger charge is 2.21. The van der Waals surface area contributed by atoms with Crippen LogP contribution < -0.4 is 10.1 Å². The molecule has 3 nitrogen and oxygen atoms in total. The highest BCUT2D eigenvalue weighted by atomic mass is 79.9. The summed E-state index contributed by atoms with van der Waals surface area (Å²) in [6.45, 7) is 13.9. The molecule has 27 heavy (non-hydrogen) atoms. The Morgan fingerprint density at radius 3 is 2.56 bits per heavy atom. The van der Waals surface area contributed by atoms with E-state index in [4.69, 9.17) is 4.74 Å². The Labute approximate surface area is 171 Å². The Balaban J connectivity index is 1.63. The Morgan fingerprint density at radius 2 is 1.89 bits per heavy atom. The minimum absolute atomic E-state index is 0.188. The first-order valence-corrected chi connectivity index (χ1v) is 10.4. The van der Waals surface area contributed by atoms with Gasteiger partial charge in [0.25, 0.3) is 0 Å². The van der Waals surface area contributed by atoms with Crippen LogP contribution in [-0.2, 0) is 26.1 Å². The number of nitrogens with one attached hydrogen (secondary N) is 1. The third kappa shape index (κ3) is 5.36. The molecule has 0 atom stereocenters. The van der Waals surface area contributed by atoms with Crippen molar-refractivity contribution < 1.29 is 4.74 Å². The zero-order valence-electron chi connectivity index (χ0n) is 16.5.